The lowest BCUT2D eigenvalue weighted by molar-refractivity contribution is -0.111. The smallest absolute Gasteiger partial charge is 0.249 e. The summed E-state index contributed by atoms with van der Waals surface area (Å²) in [6.45, 7) is 3.35. The largest absolute Gasteiger partial charge is 0.378 e. The highest BCUT2D eigenvalue weighted by Gasteiger charge is 2.11. The monoisotopic (exact) mass is 467 g/mol. The minimum absolute atomic E-state index is 0.273. The molecule has 1 fully saturated rings. The van der Waals surface area contributed by atoms with Gasteiger partial charge in [-0.25, -0.2) is 9.97 Å². The molecule has 0 atom stereocenters. The highest BCUT2D eigenvalue weighted by molar-refractivity contribution is 7.99. The highest BCUT2D eigenvalue weighted by atomic mass is 35.5. The van der Waals surface area contributed by atoms with Crippen molar-refractivity contribution in [2.45, 2.75) is 9.92 Å². The summed E-state index contributed by atoms with van der Waals surface area (Å²) in [4.78, 5) is 23.8. The van der Waals surface area contributed by atoms with Crippen molar-refractivity contribution in [1.29, 1.82) is 0 Å². The molecule has 1 aliphatic heterocycles. The molecule has 0 radical (unpaired) electrons. The van der Waals surface area contributed by atoms with E-state index in [2.05, 4.69) is 37.6 Å². The SMILES string of the molecule is O=C(/C=C\Cl)Nc1ccc(Sc2ccnc(Nc3ccc(N4CCOCC4)cc3)n2)cc1. The molecule has 7 nitrogen and oxygen atoms in total. The number of nitrogens with one attached hydrogen (secondary N) is 2. The van der Waals surface area contributed by atoms with Crippen LogP contribution in [0.1, 0.15) is 0 Å². The van der Waals surface area contributed by atoms with Gasteiger partial charge in [0, 0.05) is 52.9 Å². The minimum Gasteiger partial charge on any atom is -0.378 e. The van der Waals surface area contributed by atoms with E-state index in [-0.39, 0.29) is 5.91 Å². The van der Waals surface area contributed by atoms with Crippen LogP contribution in [-0.4, -0.2) is 42.2 Å². The average Bonchev–Trinajstić information content (AvgIpc) is 2.82. The third-order valence-corrected chi connectivity index (χ3v) is 5.76. The van der Waals surface area contributed by atoms with Crippen molar-refractivity contribution in [2.24, 2.45) is 0 Å². The predicted octanol–water partition coefficient (Wildman–Crippen LogP) is 4.90. The number of carbonyl (C=O) groups excluding carboxylic acids is 1. The van der Waals surface area contributed by atoms with Crippen molar-refractivity contribution in [3.63, 3.8) is 0 Å². The van der Waals surface area contributed by atoms with Crippen LogP contribution < -0.4 is 15.5 Å². The summed E-state index contributed by atoms with van der Waals surface area (Å²) in [6, 6.07) is 17.6. The van der Waals surface area contributed by atoms with Gasteiger partial charge in [-0.15, -0.1) is 0 Å². The third kappa shape index (κ3) is 6.23. The first kappa shape index (κ1) is 22.1. The number of hydrogen-bond donors (Lipinski definition) is 2. The van der Waals surface area contributed by atoms with Crippen LogP contribution >= 0.6 is 23.4 Å². The van der Waals surface area contributed by atoms with Crippen LogP contribution in [0.3, 0.4) is 0 Å². The number of hydrogen-bond acceptors (Lipinski definition) is 7. The molecule has 0 bridgehead atoms. The lowest BCUT2D eigenvalue weighted by Crippen LogP contribution is -2.36. The summed E-state index contributed by atoms with van der Waals surface area (Å²) in [6.07, 6.45) is 2.99. The second kappa shape index (κ2) is 11.0. The van der Waals surface area contributed by atoms with Crippen molar-refractivity contribution in [3.8, 4) is 0 Å². The van der Waals surface area contributed by atoms with Gasteiger partial charge in [-0.2, -0.15) is 0 Å². The van der Waals surface area contributed by atoms with Gasteiger partial charge < -0.3 is 20.3 Å². The Labute approximate surface area is 195 Å². The highest BCUT2D eigenvalue weighted by Crippen LogP contribution is 2.28. The molecule has 2 N–H and O–H groups in total. The van der Waals surface area contributed by atoms with Crippen LogP contribution in [0.25, 0.3) is 0 Å². The molecule has 2 aromatic carbocycles. The Balaban J connectivity index is 1.36. The minimum atomic E-state index is -0.273. The number of amides is 1. The number of morpholine rings is 1. The molecule has 1 saturated heterocycles. The number of aromatic nitrogens is 2. The van der Waals surface area contributed by atoms with Gasteiger partial charge in [0.25, 0.3) is 0 Å². The van der Waals surface area contributed by atoms with E-state index in [4.69, 9.17) is 16.3 Å². The first-order chi connectivity index (χ1) is 15.7. The topological polar surface area (TPSA) is 79.4 Å². The number of halogens is 1. The van der Waals surface area contributed by atoms with Crippen molar-refractivity contribution >= 4 is 52.3 Å². The summed E-state index contributed by atoms with van der Waals surface area (Å²) in [5.74, 6) is 0.260. The number of benzene rings is 2. The fraction of sp³-hybridized carbons (Fsp3) is 0.174. The molecular formula is C23H22ClN5O2S. The maximum absolute atomic E-state index is 11.6. The molecule has 1 aromatic heterocycles. The number of nitrogens with zero attached hydrogens (tertiary/aromatic N) is 3. The lowest BCUT2D eigenvalue weighted by Gasteiger charge is -2.28. The van der Waals surface area contributed by atoms with Gasteiger partial charge in [0.15, 0.2) is 0 Å². The van der Waals surface area contributed by atoms with Gasteiger partial charge >= 0.3 is 0 Å². The second-order valence-electron chi connectivity index (χ2n) is 6.90. The maximum atomic E-state index is 11.6. The Morgan fingerprint density at radius 1 is 1.03 bits per heavy atom. The van der Waals surface area contributed by atoms with Crippen molar-refractivity contribution in [3.05, 3.63) is 72.4 Å². The van der Waals surface area contributed by atoms with Gasteiger partial charge in [-0.3, -0.25) is 4.79 Å². The van der Waals surface area contributed by atoms with E-state index in [1.165, 1.54) is 29.1 Å². The number of rotatable bonds is 7. The lowest BCUT2D eigenvalue weighted by atomic mass is 10.2. The molecule has 4 rings (SSSR count). The fourth-order valence-corrected chi connectivity index (χ4v) is 4.02. The second-order valence-corrected chi connectivity index (χ2v) is 8.24. The number of anilines is 4. The Kier molecular flexibility index (Phi) is 7.60. The van der Waals surface area contributed by atoms with Crippen LogP contribution in [0, 0.1) is 0 Å². The van der Waals surface area contributed by atoms with E-state index >= 15 is 0 Å². The van der Waals surface area contributed by atoms with Gasteiger partial charge in [0.05, 0.1) is 13.2 Å². The van der Waals surface area contributed by atoms with Crippen molar-refractivity contribution < 1.29 is 9.53 Å². The van der Waals surface area contributed by atoms with Gasteiger partial charge in [0.1, 0.15) is 5.03 Å². The zero-order valence-corrected chi connectivity index (χ0v) is 18.8. The fourth-order valence-electron chi connectivity index (χ4n) is 3.13. The van der Waals surface area contributed by atoms with Gasteiger partial charge in [0.2, 0.25) is 11.9 Å². The number of carbonyl (C=O) groups is 1. The Morgan fingerprint density at radius 3 is 2.47 bits per heavy atom. The van der Waals surface area contributed by atoms with Crippen LogP contribution in [0.2, 0.25) is 0 Å². The molecule has 0 spiro atoms. The van der Waals surface area contributed by atoms with E-state index in [0.717, 1.165) is 41.9 Å². The molecule has 0 saturated carbocycles. The molecule has 9 heteroatoms. The molecule has 1 aliphatic rings. The van der Waals surface area contributed by atoms with Gasteiger partial charge in [-0.05, 0) is 54.6 Å². The third-order valence-electron chi connectivity index (χ3n) is 4.69. The van der Waals surface area contributed by atoms with Crippen molar-refractivity contribution in [1.82, 2.24) is 9.97 Å². The first-order valence-corrected chi connectivity index (χ1v) is 11.3. The molecular weight excluding hydrogens is 446 g/mol. The predicted molar refractivity (Wildman–Crippen MR) is 129 cm³/mol. The standard InChI is InChI=1S/C23H22ClN5O2S/c24-11-9-21(30)26-17-3-7-20(8-4-17)32-22-10-12-25-23(28-22)27-18-1-5-19(6-2-18)29-13-15-31-16-14-29/h1-12H,13-16H2,(H,26,30)(H,25,27,28)/b11-9-. The number of ether oxygens (including phenoxy) is 1. The molecule has 0 aliphatic carbocycles. The van der Waals surface area contributed by atoms with E-state index in [1.807, 2.05) is 42.5 Å². The average molecular weight is 468 g/mol. The van der Waals surface area contributed by atoms with E-state index in [0.29, 0.717) is 11.6 Å². The van der Waals surface area contributed by atoms with Crippen LogP contribution in [0.5, 0.6) is 0 Å². The zero-order valence-electron chi connectivity index (χ0n) is 17.2. The summed E-state index contributed by atoms with van der Waals surface area (Å²) >= 11 is 6.93. The Morgan fingerprint density at radius 2 is 1.75 bits per heavy atom. The summed E-state index contributed by atoms with van der Waals surface area (Å²) in [5, 5.41) is 6.80. The quantitative estimate of drug-likeness (QED) is 0.378. The first-order valence-electron chi connectivity index (χ1n) is 10.1. The summed E-state index contributed by atoms with van der Waals surface area (Å²) in [7, 11) is 0. The molecule has 1 amide bonds. The van der Waals surface area contributed by atoms with Gasteiger partial charge in [-0.1, -0.05) is 23.4 Å². The van der Waals surface area contributed by atoms with Crippen LogP contribution in [0.4, 0.5) is 23.0 Å². The maximum Gasteiger partial charge on any atom is 0.249 e. The zero-order chi connectivity index (χ0) is 22.2. The van der Waals surface area contributed by atoms with Crippen LogP contribution in [-0.2, 0) is 9.53 Å². The van der Waals surface area contributed by atoms with E-state index < -0.39 is 0 Å². The summed E-state index contributed by atoms with van der Waals surface area (Å²) in [5.41, 5.74) is 3.98. The van der Waals surface area contributed by atoms with E-state index in [1.54, 1.807) is 6.20 Å². The molecule has 2 heterocycles. The Hall–Kier alpha value is -3.07. The van der Waals surface area contributed by atoms with E-state index in [9.17, 15) is 4.79 Å². The van der Waals surface area contributed by atoms with Crippen molar-refractivity contribution in [2.75, 3.05) is 41.8 Å². The van der Waals surface area contributed by atoms with Crippen LogP contribution in [0.15, 0.2) is 82.3 Å². The molecule has 164 valence electrons. The Bertz CT molecular complexity index is 1070. The molecule has 3 aromatic rings. The molecule has 32 heavy (non-hydrogen) atoms. The normalized spacial score (nSPS) is 13.8. The molecule has 0 unspecified atom stereocenters. The summed E-state index contributed by atoms with van der Waals surface area (Å²) < 4.78 is 5.41.